The molecule has 0 radical (unpaired) electrons. The van der Waals surface area contributed by atoms with E-state index in [0.717, 1.165) is 16.6 Å². The van der Waals surface area contributed by atoms with E-state index >= 15 is 0 Å². The summed E-state index contributed by atoms with van der Waals surface area (Å²) in [5, 5.41) is 12.0. The lowest BCUT2D eigenvalue weighted by molar-refractivity contribution is 0.480. The second-order valence-electron chi connectivity index (χ2n) is 3.75. The normalized spacial score (nSPS) is 14.1. The van der Waals surface area contributed by atoms with Crippen LogP contribution in [0.2, 0.25) is 0 Å². The molecule has 16 heavy (non-hydrogen) atoms. The number of rotatable bonds is 5. The Morgan fingerprint density at radius 3 is 2.56 bits per heavy atom. The van der Waals surface area contributed by atoms with Crippen LogP contribution in [0.25, 0.3) is 0 Å². The van der Waals surface area contributed by atoms with E-state index in [4.69, 9.17) is 5.26 Å². The van der Waals surface area contributed by atoms with Gasteiger partial charge < -0.3 is 5.32 Å². The monoisotopic (exact) mass is 298 g/mol. The molecule has 1 N–H and O–H groups in total. The van der Waals surface area contributed by atoms with E-state index in [0.29, 0.717) is 0 Å². The molecule has 1 rings (SSSR count). The molecule has 0 heterocycles. The molecule has 0 aliphatic rings. The standard InChI is InChI=1S/C12H15BrN2S/c1-12(9-14,15-2)7-8-16-11-5-3-10(13)4-6-11/h3-6,15H,7-8H2,1-2H3. The van der Waals surface area contributed by atoms with Crippen LogP contribution in [0.4, 0.5) is 0 Å². The van der Waals surface area contributed by atoms with Crippen molar-refractivity contribution in [3.05, 3.63) is 28.7 Å². The van der Waals surface area contributed by atoms with Crippen LogP contribution in [0.1, 0.15) is 13.3 Å². The van der Waals surface area contributed by atoms with Gasteiger partial charge in [-0.3, -0.25) is 0 Å². The Kier molecular flexibility index (Phi) is 5.33. The molecule has 0 aromatic heterocycles. The van der Waals surface area contributed by atoms with Gasteiger partial charge in [0, 0.05) is 15.1 Å². The summed E-state index contributed by atoms with van der Waals surface area (Å²) in [6, 6.07) is 10.5. The van der Waals surface area contributed by atoms with E-state index in [1.807, 2.05) is 26.1 Å². The number of nitriles is 1. The fourth-order valence-corrected chi connectivity index (χ4v) is 2.48. The van der Waals surface area contributed by atoms with Gasteiger partial charge >= 0.3 is 0 Å². The van der Waals surface area contributed by atoms with Gasteiger partial charge in [0.15, 0.2) is 0 Å². The number of nitrogens with one attached hydrogen (secondary N) is 1. The Hall–Kier alpha value is -0.500. The minimum absolute atomic E-state index is 0.414. The zero-order valence-electron chi connectivity index (χ0n) is 9.46. The Labute approximate surface area is 110 Å². The van der Waals surface area contributed by atoms with Crippen LogP contribution in [-0.4, -0.2) is 18.3 Å². The molecule has 1 unspecified atom stereocenters. The van der Waals surface area contributed by atoms with Crippen molar-refractivity contribution in [2.45, 2.75) is 23.8 Å². The summed E-state index contributed by atoms with van der Waals surface area (Å²) in [5.74, 6) is 0.937. The van der Waals surface area contributed by atoms with E-state index < -0.39 is 5.54 Å². The third-order valence-corrected chi connectivity index (χ3v) is 4.03. The highest BCUT2D eigenvalue weighted by Crippen LogP contribution is 2.23. The van der Waals surface area contributed by atoms with Gasteiger partial charge in [-0.15, -0.1) is 11.8 Å². The van der Waals surface area contributed by atoms with E-state index in [9.17, 15) is 0 Å². The van der Waals surface area contributed by atoms with Gasteiger partial charge in [0.25, 0.3) is 0 Å². The zero-order chi connectivity index (χ0) is 12.0. The van der Waals surface area contributed by atoms with Crippen LogP contribution in [0.15, 0.2) is 33.6 Å². The van der Waals surface area contributed by atoms with Gasteiger partial charge in [-0.2, -0.15) is 5.26 Å². The van der Waals surface area contributed by atoms with Crippen molar-refractivity contribution in [2.24, 2.45) is 0 Å². The zero-order valence-corrected chi connectivity index (χ0v) is 11.9. The number of nitrogens with zero attached hydrogens (tertiary/aromatic N) is 1. The molecule has 0 bridgehead atoms. The molecular formula is C12H15BrN2S. The lowest BCUT2D eigenvalue weighted by Crippen LogP contribution is -2.38. The van der Waals surface area contributed by atoms with Crippen molar-refractivity contribution in [1.29, 1.82) is 5.26 Å². The summed E-state index contributed by atoms with van der Waals surface area (Å²) >= 11 is 5.18. The van der Waals surface area contributed by atoms with Crippen LogP contribution >= 0.6 is 27.7 Å². The summed E-state index contributed by atoms with van der Waals surface area (Å²) in [6.45, 7) is 1.93. The molecule has 0 amide bonds. The Balaban J connectivity index is 2.42. The van der Waals surface area contributed by atoms with Gasteiger partial charge in [0.05, 0.1) is 6.07 Å². The number of halogens is 1. The quantitative estimate of drug-likeness (QED) is 0.846. The van der Waals surface area contributed by atoms with Crippen molar-refractivity contribution in [3.63, 3.8) is 0 Å². The summed E-state index contributed by atoms with van der Waals surface area (Å²) in [7, 11) is 1.83. The molecule has 4 heteroatoms. The largest absolute Gasteiger partial charge is 0.303 e. The van der Waals surface area contributed by atoms with Crippen molar-refractivity contribution in [2.75, 3.05) is 12.8 Å². The van der Waals surface area contributed by atoms with Gasteiger partial charge in [-0.05, 0) is 44.7 Å². The smallest absolute Gasteiger partial charge is 0.104 e. The van der Waals surface area contributed by atoms with Crippen molar-refractivity contribution >= 4 is 27.7 Å². The summed E-state index contributed by atoms with van der Waals surface area (Å²) < 4.78 is 1.09. The Morgan fingerprint density at radius 1 is 1.44 bits per heavy atom. The lowest BCUT2D eigenvalue weighted by atomic mass is 10.0. The maximum atomic E-state index is 8.99. The van der Waals surface area contributed by atoms with Crippen LogP contribution in [0.3, 0.4) is 0 Å². The maximum absolute atomic E-state index is 8.99. The average molecular weight is 299 g/mol. The number of thioether (sulfide) groups is 1. The molecule has 2 nitrogen and oxygen atoms in total. The average Bonchev–Trinajstić information content (AvgIpc) is 2.31. The van der Waals surface area contributed by atoms with E-state index in [2.05, 4.69) is 39.4 Å². The molecule has 1 aromatic carbocycles. The third kappa shape index (κ3) is 4.17. The minimum atomic E-state index is -0.414. The van der Waals surface area contributed by atoms with Gasteiger partial charge in [0.2, 0.25) is 0 Å². The first kappa shape index (κ1) is 13.6. The topological polar surface area (TPSA) is 35.8 Å². The molecule has 0 saturated heterocycles. The van der Waals surface area contributed by atoms with Crippen LogP contribution < -0.4 is 5.32 Å². The van der Waals surface area contributed by atoms with Gasteiger partial charge in [-0.25, -0.2) is 0 Å². The Bertz CT molecular complexity index is 372. The highest BCUT2D eigenvalue weighted by atomic mass is 79.9. The number of hydrogen-bond acceptors (Lipinski definition) is 3. The molecule has 0 aliphatic heterocycles. The molecule has 0 saturated carbocycles. The highest BCUT2D eigenvalue weighted by molar-refractivity contribution is 9.10. The molecule has 1 aromatic rings. The molecule has 0 spiro atoms. The van der Waals surface area contributed by atoms with E-state index in [1.165, 1.54) is 4.90 Å². The van der Waals surface area contributed by atoms with Crippen molar-refractivity contribution in [3.8, 4) is 6.07 Å². The van der Waals surface area contributed by atoms with Crippen LogP contribution in [0, 0.1) is 11.3 Å². The van der Waals surface area contributed by atoms with Gasteiger partial charge in [0.1, 0.15) is 5.54 Å². The summed E-state index contributed by atoms with van der Waals surface area (Å²) in [6.07, 6.45) is 0.834. The van der Waals surface area contributed by atoms with Crippen LogP contribution in [-0.2, 0) is 0 Å². The highest BCUT2D eigenvalue weighted by Gasteiger charge is 2.20. The SMILES string of the molecule is CNC(C)(C#N)CCSc1ccc(Br)cc1. The van der Waals surface area contributed by atoms with Gasteiger partial charge in [-0.1, -0.05) is 15.9 Å². The maximum Gasteiger partial charge on any atom is 0.104 e. The molecule has 0 aliphatic carbocycles. The lowest BCUT2D eigenvalue weighted by Gasteiger charge is -2.19. The number of hydrogen-bond donors (Lipinski definition) is 1. The fourth-order valence-electron chi connectivity index (χ4n) is 1.14. The first-order valence-corrected chi connectivity index (χ1v) is 6.86. The first-order chi connectivity index (χ1) is 7.59. The van der Waals surface area contributed by atoms with E-state index in [-0.39, 0.29) is 0 Å². The Morgan fingerprint density at radius 2 is 2.06 bits per heavy atom. The summed E-state index contributed by atoms with van der Waals surface area (Å²) in [5.41, 5.74) is -0.414. The predicted molar refractivity (Wildman–Crippen MR) is 72.6 cm³/mol. The van der Waals surface area contributed by atoms with Crippen molar-refractivity contribution < 1.29 is 0 Å². The van der Waals surface area contributed by atoms with Crippen LogP contribution in [0.5, 0.6) is 0 Å². The predicted octanol–water partition coefficient (Wildman–Crippen LogP) is 3.43. The minimum Gasteiger partial charge on any atom is -0.303 e. The number of benzene rings is 1. The molecule has 1 atom stereocenters. The molecule has 0 fully saturated rings. The second-order valence-corrected chi connectivity index (χ2v) is 5.83. The van der Waals surface area contributed by atoms with Crippen molar-refractivity contribution in [1.82, 2.24) is 5.32 Å². The third-order valence-electron chi connectivity index (χ3n) is 2.48. The fraction of sp³-hybridized carbons (Fsp3) is 0.417. The summed E-state index contributed by atoms with van der Waals surface area (Å²) in [4.78, 5) is 1.24. The molecule has 86 valence electrons. The first-order valence-electron chi connectivity index (χ1n) is 5.08. The molecular weight excluding hydrogens is 284 g/mol. The second kappa shape index (κ2) is 6.29. The van der Waals surface area contributed by atoms with E-state index in [1.54, 1.807) is 11.8 Å².